The predicted molar refractivity (Wildman–Crippen MR) is 106 cm³/mol. The zero-order chi connectivity index (χ0) is 20.4. The van der Waals surface area contributed by atoms with Gasteiger partial charge in [-0.1, -0.05) is 30.3 Å². The molecule has 3 aromatic rings. The summed E-state index contributed by atoms with van der Waals surface area (Å²) in [6, 6.07) is 21.6. The minimum Gasteiger partial charge on any atom is -0.507 e. The van der Waals surface area contributed by atoms with E-state index in [1.165, 1.54) is 12.1 Å². The van der Waals surface area contributed by atoms with Gasteiger partial charge in [0.15, 0.2) is 0 Å². The molecular formula is C22H21NO5. The number of nitrogen functional groups attached to an aromatic ring is 1. The maximum Gasteiger partial charge on any atom is 0.347 e. The van der Waals surface area contributed by atoms with Crippen LogP contribution < -0.4 is 10.5 Å². The van der Waals surface area contributed by atoms with Gasteiger partial charge in [0.05, 0.1) is 12.2 Å². The van der Waals surface area contributed by atoms with Crippen LogP contribution in [0.5, 0.6) is 11.5 Å². The Hall–Kier alpha value is -3.80. The first-order valence-electron chi connectivity index (χ1n) is 8.59. The van der Waals surface area contributed by atoms with Crippen molar-refractivity contribution in [3.63, 3.8) is 0 Å². The van der Waals surface area contributed by atoms with Gasteiger partial charge >= 0.3 is 11.9 Å². The molecule has 3 aromatic carbocycles. The van der Waals surface area contributed by atoms with E-state index in [0.717, 1.165) is 0 Å². The lowest BCUT2D eigenvalue weighted by Crippen LogP contribution is -2.08. The lowest BCUT2D eigenvalue weighted by Gasteiger charge is -2.04. The number of ether oxygens (including phenoxy) is 2. The van der Waals surface area contributed by atoms with Crippen LogP contribution in [-0.4, -0.2) is 23.7 Å². The van der Waals surface area contributed by atoms with Gasteiger partial charge in [-0.2, -0.15) is 0 Å². The number of hydrogen-bond acceptors (Lipinski definition) is 6. The molecule has 0 aromatic heterocycles. The van der Waals surface area contributed by atoms with Crippen LogP contribution in [0.2, 0.25) is 0 Å². The van der Waals surface area contributed by atoms with E-state index in [0.29, 0.717) is 23.6 Å². The number of phenols is 1. The maximum absolute atomic E-state index is 11.7. The number of nitrogens with two attached hydrogens (primary N) is 1. The van der Waals surface area contributed by atoms with Crippen molar-refractivity contribution in [2.45, 2.75) is 6.92 Å². The van der Waals surface area contributed by atoms with E-state index in [1.807, 2.05) is 6.07 Å². The van der Waals surface area contributed by atoms with Gasteiger partial charge in [0.1, 0.15) is 17.1 Å². The Labute approximate surface area is 163 Å². The van der Waals surface area contributed by atoms with E-state index in [1.54, 1.807) is 67.6 Å². The minimum atomic E-state index is -0.565. The molecule has 0 radical (unpaired) electrons. The van der Waals surface area contributed by atoms with Crippen LogP contribution in [0, 0.1) is 0 Å². The van der Waals surface area contributed by atoms with Crippen molar-refractivity contribution >= 4 is 17.6 Å². The van der Waals surface area contributed by atoms with Crippen molar-refractivity contribution in [2.24, 2.45) is 0 Å². The van der Waals surface area contributed by atoms with Crippen molar-refractivity contribution in [1.29, 1.82) is 0 Å². The lowest BCUT2D eigenvalue weighted by atomic mass is 10.2. The van der Waals surface area contributed by atoms with Crippen LogP contribution in [0.15, 0.2) is 78.9 Å². The first-order chi connectivity index (χ1) is 13.5. The van der Waals surface area contributed by atoms with Crippen LogP contribution in [0.25, 0.3) is 0 Å². The molecule has 0 amide bonds. The smallest absolute Gasteiger partial charge is 0.347 e. The summed E-state index contributed by atoms with van der Waals surface area (Å²) in [6.45, 7) is 2.17. The number of carbonyl (C=O) groups excluding carboxylic acids is 2. The Morgan fingerprint density at radius 2 is 1.46 bits per heavy atom. The summed E-state index contributed by atoms with van der Waals surface area (Å²) in [5.41, 5.74) is 6.78. The molecule has 0 aliphatic carbocycles. The Morgan fingerprint density at radius 3 is 2.07 bits per heavy atom. The van der Waals surface area contributed by atoms with Gasteiger partial charge in [0.2, 0.25) is 0 Å². The van der Waals surface area contributed by atoms with Gasteiger partial charge in [-0.05, 0) is 55.5 Å². The second kappa shape index (κ2) is 10.4. The molecule has 0 atom stereocenters. The standard InChI is InChI=1S/C13H10O3.C9H11NO2/c14-12-9-5-4-8-11(12)13(15)16-10-6-2-1-3-7-10;1-2-12-9(11)7-3-5-8(10)6-4-7/h1-9,14H;3-6H,2,10H2,1H3. The molecule has 0 unspecified atom stereocenters. The van der Waals surface area contributed by atoms with E-state index < -0.39 is 5.97 Å². The average molecular weight is 379 g/mol. The summed E-state index contributed by atoms with van der Waals surface area (Å²) >= 11 is 0. The van der Waals surface area contributed by atoms with E-state index in [4.69, 9.17) is 15.2 Å². The first-order valence-corrected chi connectivity index (χ1v) is 8.59. The highest BCUT2D eigenvalue weighted by Gasteiger charge is 2.12. The molecule has 0 spiro atoms. The summed E-state index contributed by atoms with van der Waals surface area (Å²) in [5, 5.41) is 9.46. The minimum absolute atomic E-state index is 0.0802. The third-order valence-corrected chi connectivity index (χ3v) is 3.50. The highest BCUT2D eigenvalue weighted by atomic mass is 16.5. The van der Waals surface area contributed by atoms with Crippen molar-refractivity contribution < 1.29 is 24.2 Å². The Kier molecular flexibility index (Phi) is 7.60. The third kappa shape index (κ3) is 6.17. The van der Waals surface area contributed by atoms with Crippen LogP contribution in [-0.2, 0) is 4.74 Å². The van der Waals surface area contributed by atoms with Crippen LogP contribution in [0.1, 0.15) is 27.6 Å². The molecule has 3 rings (SSSR count). The van der Waals surface area contributed by atoms with Gasteiger partial charge in [-0.15, -0.1) is 0 Å². The molecule has 6 heteroatoms. The number of aromatic hydroxyl groups is 1. The van der Waals surface area contributed by atoms with Crippen molar-refractivity contribution in [1.82, 2.24) is 0 Å². The van der Waals surface area contributed by atoms with E-state index in [2.05, 4.69) is 0 Å². The van der Waals surface area contributed by atoms with Crippen LogP contribution in [0.3, 0.4) is 0 Å². The molecule has 0 saturated carbocycles. The summed E-state index contributed by atoms with van der Waals surface area (Å²) < 4.78 is 9.87. The number of benzene rings is 3. The second-order valence-corrected chi connectivity index (χ2v) is 5.56. The molecule has 0 aliphatic rings. The fraction of sp³-hybridized carbons (Fsp3) is 0.0909. The molecule has 0 bridgehead atoms. The number of carbonyl (C=O) groups is 2. The Morgan fingerprint density at radius 1 is 0.857 bits per heavy atom. The molecule has 144 valence electrons. The molecular weight excluding hydrogens is 358 g/mol. The Balaban J connectivity index is 0.000000209. The predicted octanol–water partition coefficient (Wildman–Crippen LogP) is 4.06. The topological polar surface area (TPSA) is 98.9 Å². The quantitative estimate of drug-likeness (QED) is 0.403. The number of esters is 2. The number of rotatable bonds is 4. The van der Waals surface area contributed by atoms with Crippen molar-refractivity contribution in [3.8, 4) is 11.5 Å². The Bertz CT molecular complexity index is 908. The first kappa shape index (κ1) is 20.5. The summed E-state index contributed by atoms with van der Waals surface area (Å²) in [5.74, 6) is -0.499. The largest absolute Gasteiger partial charge is 0.507 e. The van der Waals surface area contributed by atoms with Crippen LogP contribution in [0.4, 0.5) is 5.69 Å². The second-order valence-electron chi connectivity index (χ2n) is 5.56. The monoisotopic (exact) mass is 379 g/mol. The summed E-state index contributed by atoms with van der Waals surface area (Å²) in [6.07, 6.45) is 0. The molecule has 0 heterocycles. The number of phenolic OH excluding ortho intramolecular Hbond substituents is 1. The SMILES string of the molecule is CCOC(=O)c1ccc(N)cc1.O=C(Oc1ccccc1)c1ccccc1O. The summed E-state index contributed by atoms with van der Waals surface area (Å²) in [7, 11) is 0. The number of hydrogen-bond donors (Lipinski definition) is 2. The number of anilines is 1. The van der Waals surface area contributed by atoms with Gasteiger partial charge in [-0.25, -0.2) is 9.59 Å². The lowest BCUT2D eigenvalue weighted by molar-refractivity contribution is 0.0526. The van der Waals surface area contributed by atoms with Gasteiger partial charge in [0.25, 0.3) is 0 Å². The fourth-order valence-electron chi connectivity index (χ4n) is 2.13. The third-order valence-electron chi connectivity index (χ3n) is 3.50. The molecule has 6 nitrogen and oxygen atoms in total. The molecule has 28 heavy (non-hydrogen) atoms. The molecule has 0 fully saturated rings. The molecule has 3 N–H and O–H groups in total. The van der Waals surface area contributed by atoms with Crippen molar-refractivity contribution in [2.75, 3.05) is 12.3 Å². The fourth-order valence-corrected chi connectivity index (χ4v) is 2.13. The zero-order valence-corrected chi connectivity index (χ0v) is 15.4. The average Bonchev–Trinajstić information content (AvgIpc) is 2.70. The molecule has 0 saturated heterocycles. The maximum atomic E-state index is 11.7. The van der Waals surface area contributed by atoms with Crippen LogP contribution >= 0.6 is 0 Å². The highest BCUT2D eigenvalue weighted by molar-refractivity contribution is 5.93. The summed E-state index contributed by atoms with van der Waals surface area (Å²) in [4.78, 5) is 22.7. The molecule has 0 aliphatic heterocycles. The van der Waals surface area contributed by atoms with Gasteiger partial charge in [-0.3, -0.25) is 0 Å². The number of para-hydroxylation sites is 2. The van der Waals surface area contributed by atoms with Gasteiger partial charge in [0, 0.05) is 5.69 Å². The van der Waals surface area contributed by atoms with E-state index >= 15 is 0 Å². The van der Waals surface area contributed by atoms with E-state index in [-0.39, 0.29) is 17.3 Å². The zero-order valence-electron chi connectivity index (χ0n) is 15.4. The van der Waals surface area contributed by atoms with E-state index in [9.17, 15) is 14.7 Å². The normalized spacial score (nSPS) is 9.61. The van der Waals surface area contributed by atoms with Gasteiger partial charge < -0.3 is 20.3 Å². The highest BCUT2D eigenvalue weighted by Crippen LogP contribution is 2.18. The van der Waals surface area contributed by atoms with Crippen molar-refractivity contribution in [3.05, 3.63) is 90.0 Å².